The van der Waals surface area contributed by atoms with Crippen molar-refractivity contribution < 1.29 is 8.42 Å². The van der Waals surface area contributed by atoms with E-state index in [0.717, 1.165) is 24.0 Å². The molecule has 2 N–H and O–H groups in total. The van der Waals surface area contributed by atoms with Crippen LogP contribution in [0.25, 0.3) is 0 Å². The van der Waals surface area contributed by atoms with Crippen molar-refractivity contribution >= 4 is 9.84 Å². The van der Waals surface area contributed by atoms with E-state index in [1.807, 2.05) is 31.2 Å². The molecule has 3 nitrogen and oxygen atoms in total. The van der Waals surface area contributed by atoms with Gasteiger partial charge in [-0.05, 0) is 36.8 Å². The van der Waals surface area contributed by atoms with Crippen molar-refractivity contribution in [3.63, 3.8) is 0 Å². The highest BCUT2D eigenvalue weighted by atomic mass is 32.2. The van der Waals surface area contributed by atoms with E-state index in [9.17, 15) is 8.42 Å². The Morgan fingerprint density at radius 2 is 1.85 bits per heavy atom. The number of benzene rings is 1. The van der Waals surface area contributed by atoms with Crippen LogP contribution in [0.4, 0.5) is 0 Å². The van der Waals surface area contributed by atoms with Crippen LogP contribution in [0, 0.1) is 12.8 Å². The van der Waals surface area contributed by atoms with Crippen LogP contribution in [0.3, 0.4) is 0 Å². The Kier molecular flexibility index (Phi) is 5.22. The van der Waals surface area contributed by atoms with Gasteiger partial charge in [0.05, 0.1) is 11.5 Å². The van der Waals surface area contributed by atoms with Gasteiger partial charge in [0.15, 0.2) is 9.84 Å². The summed E-state index contributed by atoms with van der Waals surface area (Å²) in [5, 5.41) is 0. The number of hydrogen-bond donors (Lipinski definition) is 1. The monoisotopic (exact) mass is 295 g/mol. The van der Waals surface area contributed by atoms with Crippen LogP contribution in [0.1, 0.15) is 43.2 Å². The van der Waals surface area contributed by atoms with Crippen molar-refractivity contribution in [3.8, 4) is 0 Å². The summed E-state index contributed by atoms with van der Waals surface area (Å²) in [4.78, 5) is 0. The lowest BCUT2D eigenvalue weighted by Gasteiger charge is -2.27. The SMILES string of the molecule is Cc1ccccc1CS(=O)(=O)CC(N)C1CCCCC1. The second-order valence-corrected chi connectivity index (χ2v) is 8.15. The minimum absolute atomic E-state index is 0.111. The van der Waals surface area contributed by atoms with Gasteiger partial charge in [0, 0.05) is 6.04 Å². The Morgan fingerprint density at radius 3 is 2.50 bits per heavy atom. The highest BCUT2D eigenvalue weighted by molar-refractivity contribution is 7.90. The maximum atomic E-state index is 12.3. The Labute approximate surface area is 122 Å². The lowest BCUT2D eigenvalue weighted by molar-refractivity contribution is 0.317. The first-order valence-corrected chi connectivity index (χ1v) is 9.30. The van der Waals surface area contributed by atoms with Crippen LogP contribution in [0.15, 0.2) is 24.3 Å². The maximum Gasteiger partial charge on any atom is 0.155 e. The second-order valence-electron chi connectivity index (χ2n) is 6.04. The van der Waals surface area contributed by atoms with Gasteiger partial charge in [-0.1, -0.05) is 43.5 Å². The molecule has 1 aliphatic carbocycles. The van der Waals surface area contributed by atoms with Gasteiger partial charge in [-0.3, -0.25) is 0 Å². The van der Waals surface area contributed by atoms with E-state index in [0.29, 0.717) is 5.92 Å². The first-order valence-electron chi connectivity index (χ1n) is 7.48. The zero-order valence-electron chi connectivity index (χ0n) is 12.2. The molecule has 0 amide bonds. The van der Waals surface area contributed by atoms with E-state index in [2.05, 4.69) is 0 Å². The first-order chi connectivity index (χ1) is 9.48. The van der Waals surface area contributed by atoms with E-state index in [4.69, 9.17) is 5.73 Å². The first kappa shape index (κ1) is 15.5. The Morgan fingerprint density at radius 1 is 1.20 bits per heavy atom. The average molecular weight is 295 g/mol. The molecule has 0 radical (unpaired) electrons. The molecular formula is C16H25NO2S. The van der Waals surface area contributed by atoms with Gasteiger partial charge in [-0.25, -0.2) is 8.42 Å². The molecule has 1 unspecified atom stereocenters. The third kappa shape index (κ3) is 4.32. The average Bonchev–Trinajstić information content (AvgIpc) is 2.41. The molecule has 0 heterocycles. The third-order valence-corrected chi connectivity index (χ3v) is 5.98. The van der Waals surface area contributed by atoms with Crippen LogP contribution >= 0.6 is 0 Å². The normalized spacial score (nSPS) is 18.9. The largest absolute Gasteiger partial charge is 0.327 e. The highest BCUT2D eigenvalue weighted by Crippen LogP contribution is 2.26. The molecule has 0 spiro atoms. The molecule has 1 fully saturated rings. The van der Waals surface area contributed by atoms with Crippen LogP contribution in [-0.4, -0.2) is 20.2 Å². The molecule has 1 aliphatic rings. The van der Waals surface area contributed by atoms with Gasteiger partial charge < -0.3 is 5.73 Å². The van der Waals surface area contributed by atoms with Crippen molar-refractivity contribution in [1.29, 1.82) is 0 Å². The molecule has 0 aliphatic heterocycles. The second kappa shape index (κ2) is 6.72. The summed E-state index contributed by atoms with van der Waals surface area (Å²) in [6.45, 7) is 1.95. The molecular weight excluding hydrogens is 270 g/mol. The molecule has 112 valence electrons. The summed E-state index contributed by atoms with van der Waals surface area (Å²) in [5.41, 5.74) is 8.07. The van der Waals surface area contributed by atoms with E-state index >= 15 is 0 Å². The fraction of sp³-hybridized carbons (Fsp3) is 0.625. The summed E-state index contributed by atoms with van der Waals surface area (Å²) in [7, 11) is -3.13. The quantitative estimate of drug-likeness (QED) is 0.908. The molecule has 1 saturated carbocycles. The minimum atomic E-state index is -3.13. The van der Waals surface area contributed by atoms with E-state index in [1.54, 1.807) is 0 Å². The molecule has 2 rings (SSSR count). The summed E-state index contributed by atoms with van der Waals surface area (Å²) in [6.07, 6.45) is 5.81. The number of rotatable bonds is 5. The van der Waals surface area contributed by atoms with Gasteiger partial charge in [-0.15, -0.1) is 0 Å². The smallest absolute Gasteiger partial charge is 0.155 e. The molecule has 4 heteroatoms. The number of hydrogen-bond acceptors (Lipinski definition) is 3. The van der Waals surface area contributed by atoms with E-state index < -0.39 is 9.84 Å². The summed E-state index contributed by atoms with van der Waals surface area (Å²) in [5.74, 6) is 0.613. The van der Waals surface area contributed by atoms with E-state index in [1.165, 1.54) is 19.3 Å². The van der Waals surface area contributed by atoms with Crippen molar-refractivity contribution in [1.82, 2.24) is 0 Å². The van der Waals surface area contributed by atoms with Crippen molar-refractivity contribution in [2.24, 2.45) is 11.7 Å². The molecule has 20 heavy (non-hydrogen) atoms. The predicted octanol–water partition coefficient (Wildman–Crippen LogP) is 2.82. The summed E-state index contributed by atoms with van der Waals surface area (Å²) < 4.78 is 24.7. The number of sulfone groups is 1. The topological polar surface area (TPSA) is 60.2 Å². The fourth-order valence-electron chi connectivity index (χ4n) is 3.06. The lowest BCUT2D eigenvalue weighted by Crippen LogP contribution is -2.38. The molecule has 0 aromatic heterocycles. The molecule has 1 aromatic carbocycles. The Hall–Kier alpha value is -0.870. The summed E-state index contributed by atoms with van der Waals surface area (Å²) >= 11 is 0. The fourth-order valence-corrected chi connectivity index (χ4v) is 4.83. The van der Waals surface area contributed by atoms with Crippen molar-refractivity contribution in [3.05, 3.63) is 35.4 Å². The maximum absolute atomic E-state index is 12.3. The zero-order chi connectivity index (χ0) is 14.6. The molecule has 0 bridgehead atoms. The Bertz CT molecular complexity index is 533. The van der Waals surface area contributed by atoms with Gasteiger partial charge in [0.2, 0.25) is 0 Å². The predicted molar refractivity (Wildman–Crippen MR) is 83.2 cm³/mol. The van der Waals surface area contributed by atoms with Crippen molar-refractivity contribution in [2.45, 2.75) is 50.8 Å². The van der Waals surface area contributed by atoms with Crippen molar-refractivity contribution in [2.75, 3.05) is 5.75 Å². The number of nitrogens with two attached hydrogens (primary N) is 1. The third-order valence-electron chi connectivity index (χ3n) is 4.34. The lowest BCUT2D eigenvalue weighted by atomic mass is 9.85. The van der Waals surface area contributed by atoms with Crippen LogP contribution in [0.5, 0.6) is 0 Å². The van der Waals surface area contributed by atoms with Crippen LogP contribution in [0.2, 0.25) is 0 Å². The van der Waals surface area contributed by atoms with E-state index in [-0.39, 0.29) is 17.5 Å². The zero-order valence-corrected chi connectivity index (χ0v) is 13.0. The molecule has 1 aromatic rings. The van der Waals surface area contributed by atoms with Crippen LogP contribution < -0.4 is 5.73 Å². The standard InChI is InChI=1S/C16H25NO2S/c1-13-7-5-6-10-15(13)11-20(18,19)12-16(17)14-8-3-2-4-9-14/h5-7,10,14,16H,2-4,8-9,11-12,17H2,1H3. The number of aryl methyl sites for hydroxylation is 1. The van der Waals surface area contributed by atoms with Gasteiger partial charge in [0.1, 0.15) is 0 Å². The molecule has 0 saturated heterocycles. The van der Waals surface area contributed by atoms with Gasteiger partial charge in [0.25, 0.3) is 0 Å². The minimum Gasteiger partial charge on any atom is -0.327 e. The highest BCUT2D eigenvalue weighted by Gasteiger charge is 2.25. The van der Waals surface area contributed by atoms with Gasteiger partial charge in [-0.2, -0.15) is 0 Å². The summed E-state index contributed by atoms with van der Waals surface area (Å²) in [6, 6.07) is 7.45. The van der Waals surface area contributed by atoms with Crippen LogP contribution in [-0.2, 0) is 15.6 Å². The molecule has 1 atom stereocenters. The van der Waals surface area contributed by atoms with Gasteiger partial charge >= 0.3 is 0 Å². The Balaban J connectivity index is 1.98.